The molecule has 0 amide bonds. The molecule has 0 saturated carbocycles. The molecule has 0 radical (unpaired) electrons. The van der Waals surface area contributed by atoms with E-state index >= 15 is 0 Å². The third-order valence-corrected chi connectivity index (χ3v) is 5.03. The monoisotopic (exact) mass is 409 g/mol. The highest BCUT2D eigenvalue weighted by molar-refractivity contribution is 6.33. The lowest BCUT2D eigenvalue weighted by Crippen LogP contribution is -2.26. The van der Waals surface area contributed by atoms with Crippen LogP contribution in [0.1, 0.15) is 43.5 Å². The van der Waals surface area contributed by atoms with Crippen molar-refractivity contribution in [2.24, 2.45) is 0 Å². The maximum Gasteiger partial charge on any atom is 0.387 e. The molecule has 0 bridgehead atoms. The molecule has 2 aromatic heterocycles. The zero-order valence-electron chi connectivity index (χ0n) is 16.4. The van der Waals surface area contributed by atoms with Gasteiger partial charge in [0.2, 0.25) is 0 Å². The van der Waals surface area contributed by atoms with Crippen LogP contribution in [0.2, 0.25) is 5.02 Å². The minimum atomic E-state index is -2.94. The van der Waals surface area contributed by atoms with Crippen molar-refractivity contribution in [1.29, 1.82) is 0 Å². The van der Waals surface area contributed by atoms with Crippen molar-refractivity contribution >= 4 is 17.1 Å². The van der Waals surface area contributed by atoms with Crippen molar-refractivity contribution in [3.05, 3.63) is 50.4 Å². The van der Waals surface area contributed by atoms with Gasteiger partial charge in [0.05, 0.1) is 5.02 Å². The summed E-state index contributed by atoms with van der Waals surface area (Å²) in [5.41, 5.74) is 3.27. The first kappa shape index (κ1) is 20.3. The molecule has 1 aromatic carbocycles. The molecule has 0 aliphatic heterocycles. The molecule has 0 fully saturated rings. The van der Waals surface area contributed by atoms with Crippen LogP contribution in [0.25, 0.3) is 16.9 Å². The second-order valence-corrected chi connectivity index (χ2v) is 7.41. The van der Waals surface area contributed by atoms with Crippen LogP contribution in [0.3, 0.4) is 0 Å². The molecular formula is C20H22ClF2N3O2. The van der Waals surface area contributed by atoms with Gasteiger partial charge < -0.3 is 4.74 Å². The van der Waals surface area contributed by atoms with Crippen molar-refractivity contribution < 1.29 is 13.5 Å². The Morgan fingerprint density at radius 1 is 1.21 bits per heavy atom. The standard InChI is InChI=1S/C20H22ClF2N3O2/c1-6-25-18(16-11(4)7-13(9-15(16)21)28-20(22)23)24-26-12(5)8-14(10(2)3)17(26)19(25)27/h7-10,20H,6H2,1-5H3. The number of ether oxygens (including phenoxy) is 1. The number of halogens is 3. The second-order valence-electron chi connectivity index (χ2n) is 7.00. The summed E-state index contributed by atoms with van der Waals surface area (Å²) < 4.78 is 32.7. The highest BCUT2D eigenvalue weighted by Gasteiger charge is 2.22. The Labute approximate surface area is 166 Å². The normalized spacial score (nSPS) is 11.8. The van der Waals surface area contributed by atoms with Crippen molar-refractivity contribution in [3.8, 4) is 17.1 Å². The van der Waals surface area contributed by atoms with Crippen LogP contribution in [0.4, 0.5) is 8.78 Å². The third kappa shape index (κ3) is 3.39. The summed E-state index contributed by atoms with van der Waals surface area (Å²) >= 11 is 6.39. The summed E-state index contributed by atoms with van der Waals surface area (Å²) in [4.78, 5) is 13.3. The lowest BCUT2D eigenvalue weighted by Gasteiger charge is -2.16. The van der Waals surface area contributed by atoms with E-state index in [1.165, 1.54) is 12.1 Å². The molecule has 0 aliphatic rings. The number of hydrogen-bond donors (Lipinski definition) is 0. The maximum absolute atomic E-state index is 13.3. The number of benzene rings is 1. The van der Waals surface area contributed by atoms with E-state index in [4.69, 9.17) is 16.7 Å². The molecule has 0 spiro atoms. The number of aromatic nitrogens is 3. The summed E-state index contributed by atoms with van der Waals surface area (Å²) in [6.45, 7) is 6.97. The molecule has 3 rings (SSSR count). The van der Waals surface area contributed by atoms with E-state index in [1.54, 1.807) is 16.0 Å². The van der Waals surface area contributed by atoms with Gasteiger partial charge in [0.1, 0.15) is 11.3 Å². The summed E-state index contributed by atoms with van der Waals surface area (Å²) in [6.07, 6.45) is 0. The molecule has 28 heavy (non-hydrogen) atoms. The van der Waals surface area contributed by atoms with Crippen molar-refractivity contribution in [2.45, 2.75) is 53.7 Å². The van der Waals surface area contributed by atoms with Gasteiger partial charge in [-0.25, -0.2) is 4.52 Å². The molecule has 0 saturated heterocycles. The number of nitrogens with zero attached hydrogens (tertiary/aromatic N) is 3. The molecule has 0 aliphatic carbocycles. The SMILES string of the molecule is CCn1c(-c2c(C)cc(OC(F)F)cc2Cl)nn2c(C)cc(C(C)C)c2c1=O. The first-order valence-corrected chi connectivity index (χ1v) is 9.41. The molecule has 0 unspecified atom stereocenters. The minimum absolute atomic E-state index is 0.0352. The Morgan fingerprint density at radius 3 is 2.43 bits per heavy atom. The van der Waals surface area contributed by atoms with Gasteiger partial charge in [0.25, 0.3) is 5.56 Å². The van der Waals surface area contributed by atoms with E-state index in [2.05, 4.69) is 4.74 Å². The van der Waals surface area contributed by atoms with Crippen LogP contribution in [-0.4, -0.2) is 20.8 Å². The van der Waals surface area contributed by atoms with E-state index in [0.717, 1.165) is 11.3 Å². The fraction of sp³-hybridized carbons (Fsp3) is 0.400. The fourth-order valence-electron chi connectivity index (χ4n) is 3.45. The summed E-state index contributed by atoms with van der Waals surface area (Å²) in [5, 5.41) is 4.89. The van der Waals surface area contributed by atoms with Gasteiger partial charge in [-0.05, 0) is 56.0 Å². The zero-order chi connectivity index (χ0) is 20.7. The third-order valence-electron chi connectivity index (χ3n) is 4.73. The number of fused-ring (bicyclic) bond motifs is 1. The van der Waals surface area contributed by atoms with Crippen LogP contribution >= 0.6 is 11.6 Å². The van der Waals surface area contributed by atoms with E-state index < -0.39 is 6.61 Å². The average Bonchev–Trinajstić information content (AvgIpc) is 2.91. The van der Waals surface area contributed by atoms with E-state index in [0.29, 0.717) is 29.0 Å². The summed E-state index contributed by atoms with van der Waals surface area (Å²) in [5.74, 6) is 0.525. The first-order chi connectivity index (χ1) is 13.1. The molecule has 5 nitrogen and oxygen atoms in total. The molecule has 2 heterocycles. The Morgan fingerprint density at radius 2 is 1.89 bits per heavy atom. The van der Waals surface area contributed by atoms with Crippen molar-refractivity contribution in [2.75, 3.05) is 0 Å². The van der Waals surface area contributed by atoms with Gasteiger partial charge >= 0.3 is 6.61 Å². The fourth-order valence-corrected chi connectivity index (χ4v) is 3.80. The topological polar surface area (TPSA) is 48.5 Å². The number of hydrogen-bond acceptors (Lipinski definition) is 3. The Kier molecular flexibility index (Phi) is 5.48. The van der Waals surface area contributed by atoms with E-state index in [-0.39, 0.29) is 22.2 Å². The number of aryl methyl sites for hydroxylation is 2. The smallest absolute Gasteiger partial charge is 0.387 e. The van der Waals surface area contributed by atoms with E-state index in [1.807, 2.05) is 33.8 Å². The largest absolute Gasteiger partial charge is 0.435 e. The van der Waals surface area contributed by atoms with E-state index in [9.17, 15) is 13.6 Å². The van der Waals surface area contributed by atoms with Crippen LogP contribution in [0.15, 0.2) is 23.0 Å². The maximum atomic E-state index is 13.3. The van der Waals surface area contributed by atoms with Crippen molar-refractivity contribution in [3.63, 3.8) is 0 Å². The highest BCUT2D eigenvalue weighted by atomic mass is 35.5. The van der Waals surface area contributed by atoms with Gasteiger partial charge in [-0.1, -0.05) is 25.4 Å². The van der Waals surface area contributed by atoms with Crippen LogP contribution < -0.4 is 10.3 Å². The molecule has 3 aromatic rings. The molecule has 8 heteroatoms. The lowest BCUT2D eigenvalue weighted by atomic mass is 10.0. The van der Waals surface area contributed by atoms with Gasteiger partial charge in [-0.15, -0.1) is 5.10 Å². The van der Waals surface area contributed by atoms with Crippen LogP contribution in [0.5, 0.6) is 5.75 Å². The van der Waals surface area contributed by atoms with Gasteiger partial charge in [0, 0.05) is 17.8 Å². The first-order valence-electron chi connectivity index (χ1n) is 9.04. The molecule has 0 atom stereocenters. The quantitative estimate of drug-likeness (QED) is 0.583. The second kappa shape index (κ2) is 7.54. The molecule has 150 valence electrons. The van der Waals surface area contributed by atoms with Crippen LogP contribution in [0, 0.1) is 13.8 Å². The Balaban J connectivity index is 2.33. The highest BCUT2D eigenvalue weighted by Crippen LogP contribution is 2.34. The van der Waals surface area contributed by atoms with Crippen molar-refractivity contribution in [1.82, 2.24) is 14.2 Å². The predicted octanol–water partition coefficient (Wildman–Crippen LogP) is 5.18. The number of rotatable bonds is 5. The van der Waals surface area contributed by atoms with Gasteiger partial charge in [-0.2, -0.15) is 8.78 Å². The Bertz CT molecular complexity index is 1080. The van der Waals surface area contributed by atoms with Gasteiger partial charge in [-0.3, -0.25) is 9.36 Å². The van der Waals surface area contributed by atoms with Crippen LogP contribution in [-0.2, 0) is 6.54 Å². The minimum Gasteiger partial charge on any atom is -0.435 e. The molecular weight excluding hydrogens is 388 g/mol. The zero-order valence-corrected chi connectivity index (χ0v) is 17.1. The predicted molar refractivity (Wildman–Crippen MR) is 106 cm³/mol. The average molecular weight is 410 g/mol. The Hall–Kier alpha value is -2.41. The van der Waals surface area contributed by atoms with Gasteiger partial charge in [0.15, 0.2) is 5.82 Å². The summed E-state index contributed by atoms with van der Waals surface area (Å²) in [6, 6.07) is 4.74. The summed E-state index contributed by atoms with van der Waals surface area (Å²) in [7, 11) is 0. The number of alkyl halides is 2. The molecule has 0 N–H and O–H groups in total. The lowest BCUT2D eigenvalue weighted by molar-refractivity contribution is -0.0498.